The third-order valence-corrected chi connectivity index (χ3v) is 3.70. The quantitative estimate of drug-likeness (QED) is 0.797. The molecular formula is C8H10N4S2. The summed E-state index contributed by atoms with van der Waals surface area (Å²) in [5.74, 6) is 0. The number of nitriles is 1. The Morgan fingerprint density at radius 2 is 2.43 bits per heavy atom. The molecule has 2 rings (SSSR count). The van der Waals surface area contributed by atoms with E-state index in [9.17, 15) is 0 Å². The Morgan fingerprint density at radius 3 is 3.07 bits per heavy atom. The Morgan fingerprint density at radius 1 is 1.64 bits per heavy atom. The van der Waals surface area contributed by atoms with Crippen molar-refractivity contribution in [2.24, 2.45) is 0 Å². The van der Waals surface area contributed by atoms with Gasteiger partial charge in [-0.05, 0) is 19.8 Å². The fraction of sp³-hybridized carbons (Fsp3) is 0.625. The molecule has 0 bridgehead atoms. The van der Waals surface area contributed by atoms with Crippen LogP contribution < -0.4 is 5.32 Å². The number of anilines is 1. The van der Waals surface area contributed by atoms with E-state index in [1.54, 1.807) is 0 Å². The number of aromatic nitrogens is 2. The second-order valence-corrected chi connectivity index (χ2v) is 5.75. The lowest BCUT2D eigenvalue weighted by molar-refractivity contribution is 0.992. The summed E-state index contributed by atoms with van der Waals surface area (Å²) in [7, 11) is 0. The summed E-state index contributed by atoms with van der Waals surface area (Å²) in [5, 5.41) is 20.7. The molecule has 1 aromatic rings. The van der Waals surface area contributed by atoms with Gasteiger partial charge in [0.15, 0.2) is 4.34 Å². The highest BCUT2D eigenvalue weighted by Crippen LogP contribution is 2.31. The van der Waals surface area contributed by atoms with Gasteiger partial charge in [0, 0.05) is 6.04 Å². The molecule has 6 heteroatoms. The number of hydrogen-bond donors (Lipinski definition) is 1. The summed E-state index contributed by atoms with van der Waals surface area (Å²) >= 11 is 2.98. The smallest absolute Gasteiger partial charge is 0.206 e. The van der Waals surface area contributed by atoms with E-state index in [1.807, 2.05) is 6.92 Å². The molecule has 0 saturated heterocycles. The number of rotatable bonds is 4. The normalized spacial score (nSPS) is 17.4. The first-order chi connectivity index (χ1) is 6.78. The zero-order chi connectivity index (χ0) is 9.97. The van der Waals surface area contributed by atoms with Gasteiger partial charge in [0.05, 0.1) is 11.3 Å². The maximum atomic E-state index is 8.63. The van der Waals surface area contributed by atoms with Crippen LogP contribution in [0.4, 0.5) is 5.13 Å². The molecule has 74 valence electrons. The number of thioether (sulfide) groups is 1. The Bertz CT molecular complexity index is 352. The van der Waals surface area contributed by atoms with Gasteiger partial charge in [-0.3, -0.25) is 0 Å². The van der Waals surface area contributed by atoms with Crippen molar-refractivity contribution in [1.82, 2.24) is 10.2 Å². The number of hydrogen-bond acceptors (Lipinski definition) is 6. The monoisotopic (exact) mass is 226 g/mol. The average Bonchev–Trinajstić information content (AvgIpc) is 2.87. The van der Waals surface area contributed by atoms with E-state index < -0.39 is 0 Å². The number of nitrogens with zero attached hydrogens (tertiary/aromatic N) is 3. The van der Waals surface area contributed by atoms with Gasteiger partial charge in [-0.2, -0.15) is 5.26 Å². The first kappa shape index (κ1) is 9.74. The molecule has 0 radical (unpaired) electrons. The second-order valence-electron chi connectivity index (χ2n) is 3.18. The predicted molar refractivity (Wildman–Crippen MR) is 57.5 cm³/mol. The topological polar surface area (TPSA) is 61.6 Å². The lowest BCUT2D eigenvalue weighted by Crippen LogP contribution is -1.99. The van der Waals surface area contributed by atoms with Gasteiger partial charge < -0.3 is 5.32 Å². The minimum Gasteiger partial charge on any atom is -0.357 e. The van der Waals surface area contributed by atoms with Crippen molar-refractivity contribution in [3.05, 3.63) is 0 Å². The van der Waals surface area contributed by atoms with E-state index in [1.165, 1.54) is 35.9 Å². The Hall–Kier alpha value is -0.800. The van der Waals surface area contributed by atoms with Gasteiger partial charge in [-0.15, -0.1) is 10.2 Å². The maximum Gasteiger partial charge on any atom is 0.206 e. The molecule has 0 aromatic carbocycles. The van der Waals surface area contributed by atoms with E-state index >= 15 is 0 Å². The van der Waals surface area contributed by atoms with Gasteiger partial charge in [0.1, 0.15) is 0 Å². The Balaban J connectivity index is 1.92. The summed E-state index contributed by atoms with van der Waals surface area (Å²) in [6, 6.07) is 2.76. The third kappa shape index (κ3) is 2.59. The summed E-state index contributed by atoms with van der Waals surface area (Å²) in [5.41, 5.74) is 0. The first-order valence-corrected chi connectivity index (χ1v) is 6.14. The molecule has 1 fully saturated rings. The summed E-state index contributed by atoms with van der Waals surface area (Å²) < 4.78 is 0.863. The van der Waals surface area contributed by atoms with Crippen LogP contribution in [-0.4, -0.2) is 21.5 Å². The highest BCUT2D eigenvalue weighted by molar-refractivity contribution is 8.01. The minimum absolute atomic E-state index is 0.0586. The van der Waals surface area contributed by atoms with Crippen LogP contribution in [0.1, 0.15) is 19.8 Å². The summed E-state index contributed by atoms with van der Waals surface area (Å²) in [6.45, 7) is 1.86. The van der Waals surface area contributed by atoms with Crippen molar-refractivity contribution in [2.45, 2.75) is 35.4 Å². The van der Waals surface area contributed by atoms with Crippen LogP contribution in [-0.2, 0) is 0 Å². The number of nitrogens with one attached hydrogen (secondary N) is 1. The van der Waals surface area contributed by atoms with Crippen molar-refractivity contribution in [3.63, 3.8) is 0 Å². The molecule has 1 heterocycles. The van der Waals surface area contributed by atoms with Crippen molar-refractivity contribution in [1.29, 1.82) is 5.26 Å². The minimum atomic E-state index is -0.0586. The van der Waals surface area contributed by atoms with Crippen molar-refractivity contribution in [2.75, 3.05) is 5.32 Å². The SMILES string of the molecule is C[C@@H](C#N)Sc1nnc(NC2CC2)s1. The van der Waals surface area contributed by atoms with Crippen molar-refractivity contribution in [3.8, 4) is 6.07 Å². The third-order valence-electron chi connectivity index (χ3n) is 1.77. The molecule has 1 aromatic heterocycles. The molecule has 1 aliphatic carbocycles. The lowest BCUT2D eigenvalue weighted by Gasteiger charge is -1.95. The molecule has 1 saturated carbocycles. The largest absolute Gasteiger partial charge is 0.357 e. The predicted octanol–water partition coefficient (Wildman–Crippen LogP) is 2.12. The highest BCUT2D eigenvalue weighted by atomic mass is 32.2. The van der Waals surface area contributed by atoms with Crippen LogP contribution in [0.25, 0.3) is 0 Å². The van der Waals surface area contributed by atoms with E-state index in [0.29, 0.717) is 6.04 Å². The molecule has 0 unspecified atom stereocenters. The molecule has 14 heavy (non-hydrogen) atoms. The van der Waals surface area contributed by atoms with Crippen LogP contribution in [0.15, 0.2) is 4.34 Å². The second kappa shape index (κ2) is 4.15. The van der Waals surface area contributed by atoms with E-state index in [4.69, 9.17) is 5.26 Å². The maximum absolute atomic E-state index is 8.63. The lowest BCUT2D eigenvalue weighted by atomic mass is 10.5. The Kier molecular flexibility index (Phi) is 2.89. The highest BCUT2D eigenvalue weighted by Gasteiger charge is 2.22. The van der Waals surface area contributed by atoms with Gasteiger partial charge >= 0.3 is 0 Å². The first-order valence-electron chi connectivity index (χ1n) is 4.44. The zero-order valence-corrected chi connectivity index (χ0v) is 9.36. The summed E-state index contributed by atoms with van der Waals surface area (Å²) in [4.78, 5) is 0. The Labute approximate surface area is 90.7 Å². The van der Waals surface area contributed by atoms with Gasteiger partial charge in [-0.1, -0.05) is 23.1 Å². The molecule has 1 atom stereocenters. The van der Waals surface area contributed by atoms with E-state index in [0.717, 1.165) is 9.47 Å². The van der Waals surface area contributed by atoms with Gasteiger partial charge in [-0.25, -0.2) is 0 Å². The fourth-order valence-corrected chi connectivity index (χ4v) is 2.76. The van der Waals surface area contributed by atoms with Crippen LogP contribution in [0, 0.1) is 11.3 Å². The van der Waals surface area contributed by atoms with E-state index in [2.05, 4.69) is 21.6 Å². The molecular weight excluding hydrogens is 216 g/mol. The van der Waals surface area contributed by atoms with Crippen LogP contribution in [0.5, 0.6) is 0 Å². The average molecular weight is 226 g/mol. The van der Waals surface area contributed by atoms with E-state index in [-0.39, 0.29) is 5.25 Å². The van der Waals surface area contributed by atoms with Gasteiger partial charge in [0.2, 0.25) is 5.13 Å². The standard InChI is InChI=1S/C8H10N4S2/c1-5(4-9)13-8-12-11-7(14-8)10-6-2-3-6/h5-6H,2-3H2,1H3,(H,10,11)/t5-/m0/s1. The van der Waals surface area contributed by atoms with Crippen LogP contribution >= 0.6 is 23.1 Å². The molecule has 0 aliphatic heterocycles. The molecule has 1 aliphatic rings. The van der Waals surface area contributed by atoms with Crippen LogP contribution in [0.3, 0.4) is 0 Å². The van der Waals surface area contributed by atoms with Crippen molar-refractivity contribution >= 4 is 28.2 Å². The summed E-state index contributed by atoms with van der Waals surface area (Å²) in [6.07, 6.45) is 2.47. The van der Waals surface area contributed by atoms with Crippen molar-refractivity contribution < 1.29 is 0 Å². The molecule has 1 N–H and O–H groups in total. The fourth-order valence-electron chi connectivity index (χ4n) is 0.896. The molecule has 0 spiro atoms. The van der Waals surface area contributed by atoms with Crippen LogP contribution in [0.2, 0.25) is 0 Å². The molecule has 4 nitrogen and oxygen atoms in total. The van der Waals surface area contributed by atoms with Gasteiger partial charge in [0.25, 0.3) is 0 Å². The zero-order valence-electron chi connectivity index (χ0n) is 7.73. The molecule has 0 amide bonds.